The zero-order valence-corrected chi connectivity index (χ0v) is 29.8. The molecule has 0 bridgehead atoms. The highest BCUT2D eigenvalue weighted by atomic mass is 32.2. The monoisotopic (exact) mass is 732 g/mol. The van der Waals surface area contributed by atoms with Gasteiger partial charge in [-0.25, -0.2) is 19.9 Å². The molecule has 264 valence electrons. The molecule has 0 saturated carbocycles. The summed E-state index contributed by atoms with van der Waals surface area (Å²) in [5.41, 5.74) is 2.86. The summed E-state index contributed by atoms with van der Waals surface area (Å²) in [4.78, 5) is 69.4. The molecule has 2 aliphatic rings. The molecule has 5 atom stereocenters. The standard InChI is InChI=1S/C34H32N6O9S2/c1-15-38-31(26-25-21-9-7-6-8-20(21)10-11-24(25)50-33(26)39-15)40-30-22(12-37-40)32(36-14-35-30)51-34-29(48-19(5)44)28(47-18(4)43)27(46-17(3)42)23(49-34)13-45-16(2)41/h6-9,12,14,23,27-29,34H,10-11,13H2,1-5H3/t23-,27-,28+,29-,34+/m1/s1. The van der Waals surface area contributed by atoms with Crippen molar-refractivity contribution in [3.8, 4) is 16.9 Å². The molecule has 15 nitrogen and oxygen atoms in total. The third-order valence-electron chi connectivity index (χ3n) is 8.33. The summed E-state index contributed by atoms with van der Waals surface area (Å²) >= 11 is 2.71. The van der Waals surface area contributed by atoms with E-state index < -0.39 is 53.7 Å². The number of benzene rings is 1. The first kappa shape index (κ1) is 34.4. The van der Waals surface area contributed by atoms with E-state index >= 15 is 0 Å². The number of ether oxygens (including phenoxy) is 5. The number of thiophene rings is 1. The normalized spacial score (nSPS) is 21.1. The Hall–Kier alpha value is -5.00. The van der Waals surface area contributed by atoms with Crippen LogP contribution in [0.4, 0.5) is 0 Å². The Balaban J connectivity index is 1.31. The molecule has 1 aromatic carbocycles. The molecule has 51 heavy (non-hydrogen) atoms. The SMILES string of the molecule is CC(=O)OC[C@H]1O[C@@H](Sc2ncnc3c2cnn3-c2nc(C)nc3sc4c(c23)-c2ccccc2CC4)[C@H](OC(C)=O)[C@@H](OC(C)=O)[C@@H]1OC(C)=O. The van der Waals surface area contributed by atoms with Crippen LogP contribution in [0, 0.1) is 6.92 Å². The van der Waals surface area contributed by atoms with Crippen molar-refractivity contribution in [2.24, 2.45) is 0 Å². The highest BCUT2D eigenvalue weighted by molar-refractivity contribution is 8.00. The average Bonchev–Trinajstić information content (AvgIpc) is 3.68. The van der Waals surface area contributed by atoms with Crippen molar-refractivity contribution in [1.29, 1.82) is 0 Å². The Labute approximate surface area is 299 Å². The van der Waals surface area contributed by atoms with Gasteiger partial charge in [0.2, 0.25) is 0 Å². The summed E-state index contributed by atoms with van der Waals surface area (Å²) in [6.07, 6.45) is -0.138. The number of hydrogen-bond donors (Lipinski definition) is 0. The number of aryl methyl sites for hydroxylation is 3. The minimum Gasteiger partial charge on any atom is -0.463 e. The number of hydrogen-bond acceptors (Lipinski definition) is 16. The maximum atomic E-state index is 12.4. The zero-order chi connectivity index (χ0) is 36.0. The Morgan fingerprint density at radius 2 is 1.65 bits per heavy atom. The van der Waals surface area contributed by atoms with Gasteiger partial charge >= 0.3 is 23.9 Å². The lowest BCUT2D eigenvalue weighted by Gasteiger charge is -2.44. The number of thioether (sulfide) groups is 1. The second kappa shape index (κ2) is 14.0. The zero-order valence-electron chi connectivity index (χ0n) is 28.1. The van der Waals surface area contributed by atoms with E-state index in [1.54, 1.807) is 22.2 Å². The molecule has 0 unspecified atom stereocenters. The number of rotatable bonds is 8. The maximum absolute atomic E-state index is 12.4. The second-order valence-corrected chi connectivity index (χ2v) is 14.2. The van der Waals surface area contributed by atoms with E-state index in [1.165, 1.54) is 44.5 Å². The fourth-order valence-corrected chi connectivity index (χ4v) is 8.81. The number of esters is 4. The summed E-state index contributed by atoms with van der Waals surface area (Å²) in [5.74, 6) is -1.59. The lowest BCUT2D eigenvalue weighted by Crippen LogP contribution is -2.61. The van der Waals surface area contributed by atoms with E-state index in [4.69, 9.17) is 38.8 Å². The summed E-state index contributed by atoms with van der Waals surface area (Å²) in [7, 11) is 0. The van der Waals surface area contributed by atoms with Gasteiger partial charge in [0.05, 0.1) is 17.0 Å². The van der Waals surface area contributed by atoms with Gasteiger partial charge in [0.15, 0.2) is 35.2 Å². The highest BCUT2D eigenvalue weighted by Gasteiger charge is 2.52. The van der Waals surface area contributed by atoms with Gasteiger partial charge in [0.25, 0.3) is 0 Å². The number of carbonyl (C=O) groups is 4. The molecule has 0 amide bonds. The van der Waals surface area contributed by atoms with Crippen LogP contribution >= 0.6 is 23.1 Å². The Kier molecular flexibility index (Phi) is 9.43. The van der Waals surface area contributed by atoms with Crippen LogP contribution in [0.2, 0.25) is 0 Å². The van der Waals surface area contributed by atoms with Gasteiger partial charge in [0, 0.05) is 38.1 Å². The lowest BCUT2D eigenvalue weighted by atomic mass is 9.89. The fourth-order valence-electron chi connectivity index (χ4n) is 6.44. The molecule has 1 aliphatic carbocycles. The Morgan fingerprint density at radius 1 is 0.922 bits per heavy atom. The van der Waals surface area contributed by atoms with Crippen LogP contribution in [0.5, 0.6) is 0 Å². The summed E-state index contributed by atoms with van der Waals surface area (Å²) in [6.45, 7) is 6.24. The Morgan fingerprint density at radius 3 is 2.39 bits per heavy atom. The smallest absolute Gasteiger partial charge is 0.303 e. The molecule has 0 N–H and O–H groups in total. The number of carbonyl (C=O) groups excluding carboxylic acids is 4. The molecule has 0 spiro atoms. The van der Waals surface area contributed by atoms with Crippen LogP contribution in [-0.2, 0) is 55.7 Å². The summed E-state index contributed by atoms with van der Waals surface area (Å²) in [6, 6.07) is 8.33. The van der Waals surface area contributed by atoms with E-state index in [0.717, 1.165) is 45.9 Å². The van der Waals surface area contributed by atoms with Crippen molar-refractivity contribution >= 4 is 68.2 Å². The van der Waals surface area contributed by atoms with Crippen molar-refractivity contribution < 1.29 is 42.9 Å². The molecule has 17 heteroatoms. The third kappa shape index (κ3) is 6.75. The van der Waals surface area contributed by atoms with Gasteiger partial charge < -0.3 is 23.7 Å². The van der Waals surface area contributed by atoms with Gasteiger partial charge in [-0.3, -0.25) is 19.2 Å². The minimum atomic E-state index is -1.31. The van der Waals surface area contributed by atoms with Crippen molar-refractivity contribution in [1.82, 2.24) is 29.7 Å². The molecule has 4 aromatic heterocycles. The van der Waals surface area contributed by atoms with Gasteiger partial charge in [-0.15, -0.1) is 11.3 Å². The van der Waals surface area contributed by atoms with E-state index in [0.29, 0.717) is 27.7 Å². The van der Waals surface area contributed by atoms with Crippen molar-refractivity contribution in [3.05, 3.63) is 53.1 Å². The Bertz CT molecular complexity index is 2200. The van der Waals surface area contributed by atoms with Crippen molar-refractivity contribution in [2.75, 3.05) is 6.61 Å². The van der Waals surface area contributed by atoms with Crippen LogP contribution in [-0.4, -0.2) is 90.1 Å². The topological polar surface area (TPSA) is 184 Å². The van der Waals surface area contributed by atoms with Crippen molar-refractivity contribution in [3.63, 3.8) is 0 Å². The van der Waals surface area contributed by atoms with Crippen LogP contribution in [0.3, 0.4) is 0 Å². The number of nitrogens with zero attached hydrogens (tertiary/aromatic N) is 6. The molecule has 1 aliphatic heterocycles. The first-order valence-electron chi connectivity index (χ1n) is 16.0. The van der Waals surface area contributed by atoms with E-state index in [2.05, 4.69) is 22.1 Å². The van der Waals surface area contributed by atoms with Crippen LogP contribution in [0.1, 0.15) is 44.0 Å². The number of aromatic nitrogens is 6. The average molecular weight is 733 g/mol. The third-order valence-corrected chi connectivity index (χ3v) is 10.6. The first-order valence-corrected chi connectivity index (χ1v) is 17.7. The van der Waals surface area contributed by atoms with Gasteiger partial charge in [-0.2, -0.15) is 9.78 Å². The predicted molar refractivity (Wildman–Crippen MR) is 183 cm³/mol. The van der Waals surface area contributed by atoms with Crippen molar-refractivity contribution in [2.45, 2.75) is 82.3 Å². The van der Waals surface area contributed by atoms with Crippen LogP contribution in [0.15, 0.2) is 41.8 Å². The molecule has 7 rings (SSSR count). The van der Waals surface area contributed by atoms with Gasteiger partial charge in [-0.1, -0.05) is 36.0 Å². The quantitative estimate of drug-likeness (QED) is 0.126. The second-order valence-electron chi connectivity index (χ2n) is 12.0. The van der Waals surface area contributed by atoms with E-state index in [1.807, 2.05) is 19.1 Å². The van der Waals surface area contributed by atoms with Crippen LogP contribution < -0.4 is 0 Å². The summed E-state index contributed by atoms with van der Waals surface area (Å²) in [5, 5.41) is 6.54. The highest BCUT2D eigenvalue weighted by Crippen LogP contribution is 2.46. The minimum absolute atomic E-state index is 0.344. The molecule has 5 aromatic rings. The molecule has 1 fully saturated rings. The molecular formula is C34H32N6O9S2. The molecule has 0 radical (unpaired) electrons. The first-order chi connectivity index (χ1) is 24.5. The largest absolute Gasteiger partial charge is 0.463 e. The maximum Gasteiger partial charge on any atom is 0.303 e. The molecular weight excluding hydrogens is 701 g/mol. The van der Waals surface area contributed by atoms with Crippen LogP contribution in [0.25, 0.3) is 38.2 Å². The molecule has 1 saturated heterocycles. The predicted octanol–water partition coefficient (Wildman–Crippen LogP) is 4.07. The van der Waals surface area contributed by atoms with E-state index in [9.17, 15) is 19.2 Å². The molecule has 5 heterocycles. The number of fused-ring (bicyclic) bond motifs is 6. The summed E-state index contributed by atoms with van der Waals surface area (Å²) < 4.78 is 29.9. The van der Waals surface area contributed by atoms with Gasteiger partial charge in [0.1, 0.15) is 34.7 Å². The van der Waals surface area contributed by atoms with Gasteiger partial charge in [-0.05, 0) is 30.9 Å². The lowest BCUT2D eigenvalue weighted by molar-refractivity contribution is -0.237. The fraction of sp³-hybridized carbons (Fsp3) is 0.382. The van der Waals surface area contributed by atoms with E-state index in [-0.39, 0.29) is 6.61 Å².